The number of nitrogens with two attached hydrogens (primary N) is 1. The fourth-order valence-electron chi connectivity index (χ4n) is 12.5. The highest BCUT2D eigenvalue weighted by molar-refractivity contribution is 5.80. The van der Waals surface area contributed by atoms with Gasteiger partial charge in [0, 0.05) is 41.9 Å². The van der Waals surface area contributed by atoms with Crippen LogP contribution in [0.4, 0.5) is 0 Å². The number of aliphatic hydroxyl groups is 3. The highest BCUT2D eigenvalue weighted by Crippen LogP contribution is 2.71. The Morgan fingerprint density at radius 1 is 0.980 bits per heavy atom. The third kappa shape index (κ3) is 5.39. The molecule has 7 N–H and O–H groups in total. The van der Waals surface area contributed by atoms with Crippen LogP contribution in [-0.4, -0.2) is 56.2 Å². The minimum atomic E-state index is -1.42. The monoisotopic (exact) mass is 686 g/mol. The molecule has 0 amide bonds. The second-order valence-electron chi connectivity index (χ2n) is 17.5. The van der Waals surface area contributed by atoms with Gasteiger partial charge in [-0.3, -0.25) is 4.99 Å². The first-order valence-electron chi connectivity index (χ1n) is 19.6. The average Bonchev–Trinajstić information content (AvgIpc) is 3.79. The van der Waals surface area contributed by atoms with E-state index in [0.29, 0.717) is 18.9 Å². The molecule has 7 heteroatoms. The molecule has 10 atom stereocenters. The van der Waals surface area contributed by atoms with E-state index in [1.54, 1.807) is 0 Å². The molecular weight excluding hydrogens is 633 g/mol. The molecule has 7 nitrogen and oxygen atoms in total. The maximum absolute atomic E-state index is 13.0. The molecule has 0 saturated heterocycles. The summed E-state index contributed by atoms with van der Waals surface area (Å²) in [5, 5.41) is 42.1. The van der Waals surface area contributed by atoms with E-state index in [1.807, 2.05) is 25.1 Å². The molecular formula is C44H54N4O3. The predicted octanol–water partition coefficient (Wildman–Crippen LogP) is 6.04. The second kappa shape index (κ2) is 12.3. The summed E-state index contributed by atoms with van der Waals surface area (Å²) in [7, 11) is 0. The normalized spacial score (nSPS) is 39.3. The van der Waals surface area contributed by atoms with E-state index in [4.69, 9.17) is 5.73 Å². The van der Waals surface area contributed by atoms with Crippen LogP contribution in [0.15, 0.2) is 77.3 Å². The molecule has 7 aliphatic carbocycles. The third-order valence-corrected chi connectivity index (χ3v) is 14.8. The Hall–Kier alpha value is -3.57. The number of aliphatic imine (C=N–C) groups is 1. The Bertz CT molecular complexity index is 1880. The summed E-state index contributed by atoms with van der Waals surface area (Å²) < 4.78 is 0. The number of fused-ring (bicyclic) bond motifs is 2. The molecule has 10 rings (SSSR count). The van der Waals surface area contributed by atoms with Gasteiger partial charge >= 0.3 is 0 Å². The van der Waals surface area contributed by atoms with E-state index in [9.17, 15) is 15.3 Å². The van der Waals surface area contributed by atoms with E-state index in [0.717, 1.165) is 44.0 Å². The lowest BCUT2D eigenvalue weighted by Crippen LogP contribution is -2.56. The summed E-state index contributed by atoms with van der Waals surface area (Å²) in [5.41, 5.74) is 8.94. The number of hydrogen-bond acceptors (Lipinski definition) is 4. The summed E-state index contributed by atoms with van der Waals surface area (Å²) in [6, 6.07) is 20.6. The number of aromatic nitrogens is 1. The minimum absolute atomic E-state index is 0.0722. The Morgan fingerprint density at radius 3 is 2.57 bits per heavy atom. The smallest absolute Gasteiger partial charge is 0.189 e. The molecule has 7 aliphatic rings. The van der Waals surface area contributed by atoms with Crippen LogP contribution in [-0.2, 0) is 12.8 Å². The summed E-state index contributed by atoms with van der Waals surface area (Å²) in [4.78, 5) is 8.42. The van der Waals surface area contributed by atoms with E-state index < -0.39 is 23.3 Å². The number of rotatable bonds is 6. The highest BCUT2D eigenvalue weighted by Gasteiger charge is 2.71. The van der Waals surface area contributed by atoms with Gasteiger partial charge in [-0.2, -0.15) is 0 Å². The van der Waals surface area contributed by atoms with Crippen LogP contribution >= 0.6 is 0 Å². The lowest BCUT2D eigenvalue weighted by atomic mass is 9.46. The first-order chi connectivity index (χ1) is 24.6. The molecule has 0 unspecified atom stereocenters. The largest absolute Gasteiger partial charge is 0.390 e. The average molecular weight is 687 g/mol. The Morgan fingerprint density at radius 2 is 1.76 bits per heavy atom. The van der Waals surface area contributed by atoms with Gasteiger partial charge in [0.15, 0.2) is 5.96 Å². The molecule has 5 saturated carbocycles. The van der Waals surface area contributed by atoms with Gasteiger partial charge in [-0.25, -0.2) is 0 Å². The lowest BCUT2D eigenvalue weighted by Gasteiger charge is -2.58. The van der Waals surface area contributed by atoms with Crippen LogP contribution in [0.25, 0.3) is 10.9 Å². The van der Waals surface area contributed by atoms with E-state index in [2.05, 4.69) is 75.7 Å². The highest BCUT2D eigenvalue weighted by atomic mass is 16.3. The zero-order valence-corrected chi connectivity index (χ0v) is 30.0. The fourth-order valence-corrected chi connectivity index (χ4v) is 12.5. The standard InChI is InChI=1S/C44H54N4O3/c1-41(50)30-14-16-35-39-36(41)23-38(49)44(39,51)27-33(48-40(45)46-20-17-28-9-3-2-4-10-28)15-13-31-24-42(18-7-8-19-42)25-32(43(31,35)26-30)22-34-21-29-11-5-6-12-37(29)47-34/h2-6,9-12,21,25,30-31,33,35-36,38-39,47,49-51H,7-8,14,16-20,22-24,26-27H2,1H3,(H3,45,46,48)/t30-,31-,33-,35-,36+,38-,39+,41-,43+,44+/m1/s1. The van der Waals surface area contributed by atoms with Crippen molar-refractivity contribution in [3.63, 3.8) is 0 Å². The van der Waals surface area contributed by atoms with Crippen LogP contribution < -0.4 is 11.1 Å². The van der Waals surface area contributed by atoms with Crippen LogP contribution in [0.2, 0.25) is 0 Å². The van der Waals surface area contributed by atoms with Crippen LogP contribution in [0.1, 0.15) is 82.4 Å². The third-order valence-electron chi connectivity index (χ3n) is 14.8. The molecule has 1 heterocycles. The molecule has 3 aromatic rings. The summed E-state index contributed by atoms with van der Waals surface area (Å²) >= 11 is 0. The minimum Gasteiger partial charge on any atom is -0.390 e. The van der Waals surface area contributed by atoms with Crippen molar-refractivity contribution in [1.29, 1.82) is 0 Å². The van der Waals surface area contributed by atoms with Gasteiger partial charge in [0.25, 0.3) is 0 Å². The predicted molar refractivity (Wildman–Crippen MR) is 201 cm³/mol. The number of nitrogens with zero attached hydrogens (tertiary/aromatic N) is 1. The first-order valence-corrected chi connectivity index (χ1v) is 19.6. The number of allylic oxidation sites excluding steroid dienone is 2. The van der Waals surface area contributed by atoms with Crippen LogP contribution in [0.3, 0.4) is 0 Å². The van der Waals surface area contributed by atoms with Crippen LogP contribution in [0.5, 0.6) is 0 Å². The number of H-pyrrole nitrogens is 1. The van der Waals surface area contributed by atoms with Crippen molar-refractivity contribution in [3.05, 3.63) is 83.6 Å². The molecule has 0 radical (unpaired) electrons. The van der Waals surface area contributed by atoms with Gasteiger partial charge in [-0.1, -0.05) is 84.9 Å². The Balaban J connectivity index is 1.16. The fraction of sp³-hybridized carbons (Fsp3) is 0.568. The zero-order chi connectivity index (χ0) is 35.0. The molecule has 2 spiro atoms. The number of benzene rings is 2. The van der Waals surface area contributed by atoms with Gasteiger partial charge in [-0.05, 0) is 110 Å². The van der Waals surface area contributed by atoms with Gasteiger partial charge in [-0.15, -0.1) is 0 Å². The maximum Gasteiger partial charge on any atom is 0.189 e. The van der Waals surface area contributed by atoms with Crippen molar-refractivity contribution < 1.29 is 15.3 Å². The molecule has 5 fully saturated rings. The molecule has 0 aliphatic heterocycles. The number of aliphatic hydroxyl groups excluding tert-OH is 1. The zero-order valence-electron chi connectivity index (χ0n) is 30.0. The summed E-state index contributed by atoms with van der Waals surface area (Å²) in [5.74, 6) is 7.66. The van der Waals surface area contributed by atoms with Gasteiger partial charge < -0.3 is 31.4 Å². The lowest BCUT2D eigenvalue weighted by molar-refractivity contribution is -0.128. The van der Waals surface area contributed by atoms with E-state index >= 15 is 0 Å². The van der Waals surface area contributed by atoms with Crippen molar-refractivity contribution in [3.8, 4) is 11.8 Å². The van der Waals surface area contributed by atoms with Crippen molar-refractivity contribution in [2.75, 3.05) is 6.54 Å². The van der Waals surface area contributed by atoms with Crippen LogP contribution in [0, 0.1) is 52.3 Å². The molecule has 51 heavy (non-hydrogen) atoms. The van der Waals surface area contributed by atoms with Gasteiger partial charge in [0.05, 0.1) is 23.3 Å². The number of hydrogen-bond donors (Lipinski definition) is 6. The summed E-state index contributed by atoms with van der Waals surface area (Å²) in [6.45, 7) is 2.56. The number of para-hydroxylation sites is 1. The molecule has 268 valence electrons. The topological polar surface area (TPSA) is 127 Å². The number of guanidine groups is 1. The molecule has 1 aromatic heterocycles. The number of aromatic amines is 1. The van der Waals surface area contributed by atoms with Crippen molar-refractivity contribution in [2.24, 2.45) is 51.1 Å². The maximum atomic E-state index is 13.0. The summed E-state index contributed by atoms with van der Waals surface area (Å²) in [6.07, 6.45) is 12.5. The molecule has 4 bridgehead atoms. The van der Waals surface area contributed by atoms with Crippen molar-refractivity contribution in [2.45, 2.75) is 107 Å². The van der Waals surface area contributed by atoms with Crippen molar-refractivity contribution in [1.82, 2.24) is 10.3 Å². The van der Waals surface area contributed by atoms with Gasteiger partial charge in [0.2, 0.25) is 0 Å². The Labute approximate surface area is 302 Å². The first kappa shape index (κ1) is 33.3. The van der Waals surface area contributed by atoms with Gasteiger partial charge in [0.1, 0.15) is 0 Å². The SMILES string of the molecule is C[C@@]1(O)[C@@H]2CC[C@@H]3[C@H]4[C@@H]1C[C@@H](O)[C@@]4(O)C[C@H](NC(N)=NCCc1ccccc1)C#C[C@@H]1CC4(C=C(Cc5cc6ccccc6[nH]5)[C@]13C2)CCCC4. The van der Waals surface area contributed by atoms with E-state index in [-0.39, 0.29) is 46.8 Å². The quantitative estimate of drug-likeness (QED) is 0.0817. The Kier molecular flexibility index (Phi) is 8.00. The number of nitrogens with one attached hydrogen (secondary N) is 2. The molecule has 2 aromatic carbocycles. The second-order valence-corrected chi connectivity index (χ2v) is 17.5. The van der Waals surface area contributed by atoms with Crippen molar-refractivity contribution >= 4 is 16.9 Å². The van der Waals surface area contributed by atoms with E-state index in [1.165, 1.54) is 47.9 Å².